The minimum atomic E-state index is -0.146. The molecule has 0 fully saturated rings. The van der Waals surface area contributed by atoms with Crippen molar-refractivity contribution in [2.45, 2.75) is 13.5 Å². The Balaban J connectivity index is 2.03. The maximum Gasteiger partial charge on any atom is 0.277 e. The number of hydrogen-bond acceptors (Lipinski definition) is 5. The molecule has 0 radical (unpaired) electrons. The number of anilines is 1. The van der Waals surface area contributed by atoms with Crippen LogP contribution in [0.25, 0.3) is 10.9 Å². The second-order valence-electron chi connectivity index (χ2n) is 4.61. The SMILES string of the molecule is CCNc1ncccc1Cn1nnc2ccccc2c1=O. The lowest BCUT2D eigenvalue weighted by atomic mass is 10.2. The molecule has 0 bridgehead atoms. The van der Waals surface area contributed by atoms with Crippen molar-refractivity contribution >= 4 is 16.7 Å². The molecular weight excluding hydrogens is 266 g/mol. The molecule has 21 heavy (non-hydrogen) atoms. The van der Waals surface area contributed by atoms with Gasteiger partial charge in [-0.3, -0.25) is 4.79 Å². The fourth-order valence-electron chi connectivity index (χ4n) is 2.18. The van der Waals surface area contributed by atoms with Gasteiger partial charge in [0.25, 0.3) is 5.56 Å². The molecule has 6 nitrogen and oxygen atoms in total. The Morgan fingerprint density at radius 3 is 2.90 bits per heavy atom. The molecule has 106 valence electrons. The lowest BCUT2D eigenvalue weighted by Crippen LogP contribution is -2.25. The van der Waals surface area contributed by atoms with Crippen molar-refractivity contribution in [3.63, 3.8) is 0 Å². The third-order valence-electron chi connectivity index (χ3n) is 3.18. The van der Waals surface area contributed by atoms with Gasteiger partial charge in [0.15, 0.2) is 0 Å². The van der Waals surface area contributed by atoms with Crippen LogP contribution < -0.4 is 10.9 Å². The average Bonchev–Trinajstić information content (AvgIpc) is 2.52. The van der Waals surface area contributed by atoms with Crippen LogP contribution in [0.1, 0.15) is 12.5 Å². The minimum Gasteiger partial charge on any atom is -0.370 e. The standard InChI is InChI=1S/C15H15N5O/c1-2-16-14-11(6-5-9-17-14)10-20-15(21)12-7-3-4-8-13(12)18-19-20/h3-9H,2,10H2,1H3,(H,16,17). The van der Waals surface area contributed by atoms with Crippen LogP contribution in [0.2, 0.25) is 0 Å². The van der Waals surface area contributed by atoms with E-state index in [0.717, 1.165) is 17.9 Å². The molecule has 6 heteroatoms. The van der Waals surface area contributed by atoms with Crippen LogP contribution in [0.3, 0.4) is 0 Å². The number of aromatic nitrogens is 4. The quantitative estimate of drug-likeness (QED) is 0.787. The number of benzene rings is 1. The van der Waals surface area contributed by atoms with E-state index in [4.69, 9.17) is 0 Å². The van der Waals surface area contributed by atoms with E-state index in [2.05, 4.69) is 20.6 Å². The van der Waals surface area contributed by atoms with Crippen molar-refractivity contribution in [3.05, 3.63) is 58.5 Å². The summed E-state index contributed by atoms with van der Waals surface area (Å²) in [5, 5.41) is 11.8. The first-order chi connectivity index (χ1) is 10.3. The summed E-state index contributed by atoms with van der Waals surface area (Å²) in [6, 6.07) is 11.0. The predicted molar refractivity (Wildman–Crippen MR) is 81.3 cm³/mol. The summed E-state index contributed by atoms with van der Waals surface area (Å²) >= 11 is 0. The maximum atomic E-state index is 12.4. The second kappa shape index (κ2) is 5.70. The molecule has 0 unspecified atom stereocenters. The Morgan fingerprint density at radius 1 is 1.19 bits per heavy atom. The largest absolute Gasteiger partial charge is 0.370 e. The summed E-state index contributed by atoms with van der Waals surface area (Å²) < 4.78 is 1.36. The van der Waals surface area contributed by atoms with Gasteiger partial charge < -0.3 is 5.32 Å². The van der Waals surface area contributed by atoms with E-state index in [1.165, 1.54) is 4.68 Å². The Kier molecular flexibility index (Phi) is 3.59. The molecule has 0 aliphatic carbocycles. The fourth-order valence-corrected chi connectivity index (χ4v) is 2.18. The van der Waals surface area contributed by atoms with E-state index < -0.39 is 0 Å². The Hall–Kier alpha value is -2.76. The molecule has 3 aromatic rings. The third-order valence-corrected chi connectivity index (χ3v) is 3.18. The van der Waals surface area contributed by atoms with Crippen LogP contribution in [-0.2, 0) is 6.54 Å². The Labute approximate surface area is 121 Å². The van der Waals surface area contributed by atoms with Gasteiger partial charge in [0.1, 0.15) is 11.3 Å². The monoisotopic (exact) mass is 281 g/mol. The molecule has 3 rings (SSSR count). The molecule has 2 heterocycles. The van der Waals surface area contributed by atoms with Crippen molar-refractivity contribution < 1.29 is 0 Å². The molecule has 0 aliphatic heterocycles. The molecule has 1 N–H and O–H groups in total. The van der Waals surface area contributed by atoms with Crippen LogP contribution in [0, 0.1) is 0 Å². The van der Waals surface area contributed by atoms with Gasteiger partial charge in [-0.05, 0) is 25.1 Å². The van der Waals surface area contributed by atoms with Gasteiger partial charge >= 0.3 is 0 Å². The Bertz CT molecular complexity index is 827. The van der Waals surface area contributed by atoms with Gasteiger partial charge in [-0.1, -0.05) is 23.4 Å². The number of hydrogen-bond donors (Lipinski definition) is 1. The first-order valence-electron chi connectivity index (χ1n) is 6.80. The van der Waals surface area contributed by atoms with Gasteiger partial charge in [-0.25, -0.2) is 9.67 Å². The smallest absolute Gasteiger partial charge is 0.277 e. The normalized spacial score (nSPS) is 10.7. The number of nitrogens with one attached hydrogen (secondary N) is 1. The van der Waals surface area contributed by atoms with Crippen molar-refractivity contribution in [3.8, 4) is 0 Å². The Morgan fingerprint density at radius 2 is 2.05 bits per heavy atom. The highest BCUT2D eigenvalue weighted by atomic mass is 16.1. The predicted octanol–water partition coefficient (Wildman–Crippen LogP) is 1.67. The van der Waals surface area contributed by atoms with Crippen molar-refractivity contribution in [1.29, 1.82) is 0 Å². The summed E-state index contributed by atoms with van der Waals surface area (Å²) in [4.78, 5) is 16.7. The second-order valence-corrected chi connectivity index (χ2v) is 4.61. The van der Waals surface area contributed by atoms with Gasteiger partial charge in [0.05, 0.1) is 11.9 Å². The summed E-state index contributed by atoms with van der Waals surface area (Å²) in [7, 11) is 0. The van der Waals surface area contributed by atoms with E-state index in [0.29, 0.717) is 17.4 Å². The molecular formula is C15H15N5O. The number of pyridine rings is 1. The highest BCUT2D eigenvalue weighted by molar-refractivity contribution is 5.76. The van der Waals surface area contributed by atoms with Gasteiger partial charge in [0, 0.05) is 18.3 Å². The number of fused-ring (bicyclic) bond motifs is 1. The molecule has 2 aromatic heterocycles. The van der Waals surface area contributed by atoms with Crippen molar-refractivity contribution in [2.75, 3.05) is 11.9 Å². The van der Waals surface area contributed by atoms with Crippen LogP contribution in [0.15, 0.2) is 47.4 Å². The first-order valence-corrected chi connectivity index (χ1v) is 6.80. The summed E-state index contributed by atoms with van der Waals surface area (Å²) in [5.74, 6) is 0.766. The van der Waals surface area contributed by atoms with Gasteiger partial charge in [-0.2, -0.15) is 0 Å². The zero-order valence-corrected chi connectivity index (χ0v) is 11.7. The first kappa shape index (κ1) is 13.2. The fraction of sp³-hybridized carbons (Fsp3) is 0.200. The van der Waals surface area contributed by atoms with Gasteiger partial charge in [0.2, 0.25) is 0 Å². The number of rotatable bonds is 4. The lowest BCUT2D eigenvalue weighted by molar-refractivity contribution is 0.600. The average molecular weight is 281 g/mol. The van der Waals surface area contributed by atoms with E-state index in [-0.39, 0.29) is 5.56 Å². The van der Waals surface area contributed by atoms with Crippen LogP contribution >= 0.6 is 0 Å². The zero-order chi connectivity index (χ0) is 14.7. The third kappa shape index (κ3) is 2.60. The van der Waals surface area contributed by atoms with Crippen molar-refractivity contribution in [2.24, 2.45) is 0 Å². The molecule has 0 spiro atoms. The highest BCUT2D eigenvalue weighted by Gasteiger charge is 2.08. The summed E-state index contributed by atoms with van der Waals surface area (Å²) in [5.41, 5.74) is 1.37. The van der Waals surface area contributed by atoms with Crippen LogP contribution in [-0.4, -0.2) is 26.5 Å². The van der Waals surface area contributed by atoms with Crippen molar-refractivity contribution in [1.82, 2.24) is 20.0 Å². The van der Waals surface area contributed by atoms with E-state index in [1.807, 2.05) is 31.2 Å². The number of nitrogens with zero attached hydrogens (tertiary/aromatic N) is 4. The molecule has 0 amide bonds. The zero-order valence-electron chi connectivity index (χ0n) is 11.7. The lowest BCUT2D eigenvalue weighted by Gasteiger charge is -2.10. The molecule has 0 atom stereocenters. The molecule has 0 aliphatic rings. The molecule has 1 aromatic carbocycles. The molecule has 0 saturated carbocycles. The highest BCUT2D eigenvalue weighted by Crippen LogP contribution is 2.12. The molecule has 0 saturated heterocycles. The maximum absolute atomic E-state index is 12.4. The van der Waals surface area contributed by atoms with E-state index >= 15 is 0 Å². The van der Waals surface area contributed by atoms with Gasteiger partial charge in [-0.15, -0.1) is 5.10 Å². The minimum absolute atomic E-state index is 0.146. The van der Waals surface area contributed by atoms with E-state index in [1.54, 1.807) is 18.3 Å². The topological polar surface area (TPSA) is 72.7 Å². The summed E-state index contributed by atoms with van der Waals surface area (Å²) in [6.07, 6.45) is 1.72. The summed E-state index contributed by atoms with van der Waals surface area (Å²) in [6.45, 7) is 3.11. The van der Waals surface area contributed by atoms with Crippen LogP contribution in [0.5, 0.6) is 0 Å². The van der Waals surface area contributed by atoms with Crippen LogP contribution in [0.4, 0.5) is 5.82 Å². The van der Waals surface area contributed by atoms with E-state index in [9.17, 15) is 4.79 Å².